The Labute approximate surface area is 235 Å². The molecule has 2 spiro atoms. The number of hydrogen-bond acceptors (Lipinski definition) is 9. The molecule has 11 heteroatoms. The Bertz CT molecular complexity index is 1550. The van der Waals surface area contributed by atoms with Gasteiger partial charge in [-0.05, 0) is 80.9 Å². The second-order valence-corrected chi connectivity index (χ2v) is 12.5. The first-order chi connectivity index (χ1) is 19.5. The van der Waals surface area contributed by atoms with Gasteiger partial charge in [0.25, 0.3) is 5.56 Å². The molecule has 1 aromatic heterocycles. The molecule has 4 aliphatic rings. The molecule has 1 atom stereocenters. The molecule has 1 aliphatic carbocycles. The summed E-state index contributed by atoms with van der Waals surface area (Å²) < 4.78 is 34.1. The Hall–Kier alpha value is -3.17. The first-order valence-electron chi connectivity index (χ1n) is 13.9. The van der Waals surface area contributed by atoms with Crippen LogP contribution in [0.3, 0.4) is 0 Å². The summed E-state index contributed by atoms with van der Waals surface area (Å²) in [7, 11) is 0. The molecule has 9 nitrogen and oxygen atoms in total. The standard InChI is InChI=1S/C29H31FN6O3S/c30-23-3-5-25(34-40-35-16-28(17-35)6-1-7-28)22(14-31)26(23)39-20-2-4-24-21(12-20)27(37)36(18-33-24)19-13-29(38-15-19)8-10-32-11-9-29/h2-5,12,18-19,32,34H,1,6-11,13,15-17H2. The van der Waals surface area contributed by atoms with Crippen LogP contribution in [0.1, 0.15) is 50.1 Å². The summed E-state index contributed by atoms with van der Waals surface area (Å²) in [6.45, 7) is 4.33. The highest BCUT2D eigenvalue weighted by Crippen LogP contribution is 2.50. The molecular formula is C29H31FN6O3S. The summed E-state index contributed by atoms with van der Waals surface area (Å²) in [6.07, 6.45) is 8.07. The Balaban J connectivity index is 1.12. The van der Waals surface area contributed by atoms with Crippen molar-refractivity contribution in [1.29, 1.82) is 5.26 Å². The molecule has 1 saturated carbocycles. The maximum atomic E-state index is 15.0. The van der Waals surface area contributed by atoms with Gasteiger partial charge < -0.3 is 19.5 Å². The normalized spacial score (nSPS) is 23.1. The van der Waals surface area contributed by atoms with Crippen molar-refractivity contribution in [3.05, 3.63) is 58.4 Å². The molecule has 3 aromatic rings. The number of ether oxygens (including phenoxy) is 2. The van der Waals surface area contributed by atoms with Crippen LogP contribution in [0.2, 0.25) is 0 Å². The topological polar surface area (TPSA) is 104 Å². The Morgan fingerprint density at radius 2 is 2.02 bits per heavy atom. The van der Waals surface area contributed by atoms with Crippen LogP contribution in [0.5, 0.6) is 11.5 Å². The van der Waals surface area contributed by atoms with Crippen LogP contribution < -0.4 is 20.3 Å². The molecule has 2 aromatic carbocycles. The van der Waals surface area contributed by atoms with E-state index >= 15 is 0 Å². The average Bonchev–Trinajstić information content (AvgIpc) is 3.32. The predicted octanol–water partition coefficient (Wildman–Crippen LogP) is 4.74. The highest BCUT2D eigenvalue weighted by molar-refractivity contribution is 7.98. The number of piperidine rings is 1. The smallest absolute Gasteiger partial charge is 0.261 e. The zero-order chi connectivity index (χ0) is 27.3. The van der Waals surface area contributed by atoms with E-state index in [0.717, 1.165) is 45.4 Å². The first kappa shape index (κ1) is 25.8. The minimum Gasteiger partial charge on any atom is -0.453 e. The van der Waals surface area contributed by atoms with Gasteiger partial charge in [-0.25, -0.2) is 13.7 Å². The van der Waals surface area contributed by atoms with Crippen LogP contribution in [0.15, 0.2) is 41.5 Å². The number of aromatic nitrogens is 2. The highest BCUT2D eigenvalue weighted by Gasteiger charge is 2.47. The van der Waals surface area contributed by atoms with Crippen LogP contribution in [-0.2, 0) is 4.74 Å². The van der Waals surface area contributed by atoms with Crippen molar-refractivity contribution >= 4 is 28.7 Å². The van der Waals surface area contributed by atoms with Gasteiger partial charge in [-0.3, -0.25) is 9.36 Å². The fourth-order valence-electron chi connectivity index (χ4n) is 6.51. The van der Waals surface area contributed by atoms with Crippen LogP contribution >= 0.6 is 12.1 Å². The molecule has 40 heavy (non-hydrogen) atoms. The number of benzene rings is 2. The summed E-state index contributed by atoms with van der Waals surface area (Å²) in [5, 5.41) is 13.6. The molecule has 3 aliphatic heterocycles. The van der Waals surface area contributed by atoms with Crippen molar-refractivity contribution in [2.24, 2.45) is 5.41 Å². The fourth-order valence-corrected chi connectivity index (χ4v) is 7.59. The third kappa shape index (κ3) is 4.53. The molecule has 208 valence electrons. The lowest BCUT2D eigenvalue weighted by atomic mass is 9.65. The molecule has 7 rings (SSSR count). The molecule has 2 N–H and O–H groups in total. The van der Waals surface area contributed by atoms with E-state index in [1.165, 1.54) is 37.5 Å². The fraction of sp³-hybridized carbons (Fsp3) is 0.483. The molecular weight excluding hydrogens is 531 g/mol. The van der Waals surface area contributed by atoms with E-state index in [0.29, 0.717) is 28.6 Å². The average molecular weight is 563 g/mol. The van der Waals surface area contributed by atoms with Gasteiger partial charge in [-0.2, -0.15) is 5.26 Å². The van der Waals surface area contributed by atoms with E-state index in [1.807, 2.05) is 0 Å². The van der Waals surface area contributed by atoms with Crippen molar-refractivity contribution in [3.8, 4) is 17.6 Å². The number of nitrogens with zero attached hydrogens (tertiary/aromatic N) is 4. The van der Waals surface area contributed by atoms with Crippen LogP contribution in [0, 0.1) is 22.6 Å². The quantitative estimate of drug-likeness (QED) is 0.412. The molecule has 1 unspecified atom stereocenters. The summed E-state index contributed by atoms with van der Waals surface area (Å²) in [6, 6.07) is 9.72. The number of nitrogens with one attached hydrogen (secondary N) is 2. The van der Waals surface area contributed by atoms with E-state index in [4.69, 9.17) is 9.47 Å². The molecule has 4 heterocycles. The molecule has 3 saturated heterocycles. The molecule has 4 fully saturated rings. The van der Waals surface area contributed by atoms with Gasteiger partial charge in [0, 0.05) is 25.2 Å². The monoisotopic (exact) mass is 562 g/mol. The number of hydrogen-bond donors (Lipinski definition) is 2. The van der Waals surface area contributed by atoms with Gasteiger partial charge in [0.15, 0.2) is 11.6 Å². The molecule has 0 radical (unpaired) electrons. The molecule has 0 amide bonds. The van der Waals surface area contributed by atoms with Crippen LogP contribution in [0.4, 0.5) is 10.1 Å². The van der Waals surface area contributed by atoms with Gasteiger partial charge in [-0.15, -0.1) is 0 Å². The van der Waals surface area contributed by atoms with Gasteiger partial charge >= 0.3 is 0 Å². The number of rotatable bonds is 6. The van der Waals surface area contributed by atoms with Gasteiger partial charge in [0.05, 0.1) is 41.2 Å². The van der Waals surface area contributed by atoms with Crippen molar-refractivity contribution in [1.82, 2.24) is 19.2 Å². The largest absolute Gasteiger partial charge is 0.453 e. The Morgan fingerprint density at radius 1 is 1.20 bits per heavy atom. The van der Waals surface area contributed by atoms with Gasteiger partial charge in [0.1, 0.15) is 17.4 Å². The zero-order valence-electron chi connectivity index (χ0n) is 22.1. The SMILES string of the molecule is N#Cc1c(NSN2CC3(CCC3)C2)ccc(F)c1Oc1ccc2ncn(C3COC4(CCNCC4)C3)c(=O)c2c1. The summed E-state index contributed by atoms with van der Waals surface area (Å²) >= 11 is 1.43. The van der Waals surface area contributed by atoms with Gasteiger partial charge in [-0.1, -0.05) is 6.42 Å². The zero-order valence-corrected chi connectivity index (χ0v) is 22.9. The van der Waals surface area contributed by atoms with E-state index in [2.05, 4.69) is 25.4 Å². The molecule has 0 bridgehead atoms. The van der Waals surface area contributed by atoms with Crippen LogP contribution in [0.25, 0.3) is 10.9 Å². The second-order valence-electron chi connectivity index (χ2n) is 11.6. The third-order valence-corrected chi connectivity index (χ3v) is 9.84. The van der Waals surface area contributed by atoms with Crippen molar-refractivity contribution < 1.29 is 13.9 Å². The lowest BCUT2D eigenvalue weighted by Gasteiger charge is -2.54. The van der Waals surface area contributed by atoms with Crippen molar-refractivity contribution in [2.45, 2.75) is 50.2 Å². The summed E-state index contributed by atoms with van der Waals surface area (Å²) in [5.74, 6) is -0.562. The number of nitriles is 1. The van der Waals surface area contributed by atoms with E-state index in [1.54, 1.807) is 35.2 Å². The minimum atomic E-state index is -0.650. The van der Waals surface area contributed by atoms with Crippen molar-refractivity contribution in [3.63, 3.8) is 0 Å². The number of fused-ring (bicyclic) bond motifs is 1. The van der Waals surface area contributed by atoms with Crippen molar-refractivity contribution in [2.75, 3.05) is 37.5 Å². The highest BCUT2D eigenvalue weighted by atomic mass is 32.2. The minimum absolute atomic E-state index is 0.0745. The van der Waals surface area contributed by atoms with Gasteiger partial charge in [0.2, 0.25) is 0 Å². The van der Waals surface area contributed by atoms with E-state index in [9.17, 15) is 14.4 Å². The van der Waals surface area contributed by atoms with Crippen LogP contribution in [-0.4, -0.2) is 52.2 Å². The Morgan fingerprint density at radius 3 is 2.77 bits per heavy atom. The first-order valence-corrected chi connectivity index (χ1v) is 14.7. The summed E-state index contributed by atoms with van der Waals surface area (Å²) in [4.78, 5) is 18.1. The number of halogens is 1. The summed E-state index contributed by atoms with van der Waals surface area (Å²) in [5.41, 5.74) is 1.18. The van der Waals surface area contributed by atoms with E-state index in [-0.39, 0.29) is 34.3 Å². The maximum Gasteiger partial charge on any atom is 0.261 e. The predicted molar refractivity (Wildman–Crippen MR) is 151 cm³/mol. The Kier molecular flexibility index (Phi) is 6.46. The lowest BCUT2D eigenvalue weighted by molar-refractivity contribution is -0.0196. The lowest BCUT2D eigenvalue weighted by Crippen LogP contribution is -2.56. The maximum absolute atomic E-state index is 15.0. The second kappa shape index (κ2) is 10.0. The third-order valence-electron chi connectivity index (χ3n) is 9.02. The van der Waals surface area contributed by atoms with E-state index < -0.39 is 5.82 Å². The number of anilines is 1.